The van der Waals surface area contributed by atoms with Gasteiger partial charge in [0.25, 0.3) is 0 Å². The van der Waals surface area contributed by atoms with Crippen LogP contribution in [0.4, 0.5) is 4.79 Å². The second kappa shape index (κ2) is 6.12. The summed E-state index contributed by atoms with van der Waals surface area (Å²) in [6, 6.07) is 9.54. The lowest BCUT2D eigenvalue weighted by molar-refractivity contribution is -0.0182. The summed E-state index contributed by atoms with van der Waals surface area (Å²) in [5.74, 6) is 0. The van der Waals surface area contributed by atoms with E-state index in [2.05, 4.69) is 0 Å². The highest BCUT2D eigenvalue weighted by Gasteiger charge is 2.21. The molecule has 0 spiro atoms. The second-order valence-electron chi connectivity index (χ2n) is 3.31. The van der Waals surface area contributed by atoms with Gasteiger partial charge in [0.1, 0.15) is 0 Å². The number of hydrogen-bond donors (Lipinski definition) is 0. The molecule has 4 nitrogen and oxygen atoms in total. The maximum atomic E-state index is 11.5. The molecule has 0 radical (unpaired) electrons. The highest BCUT2D eigenvalue weighted by molar-refractivity contribution is 5.67. The van der Waals surface area contributed by atoms with E-state index in [9.17, 15) is 4.79 Å². The van der Waals surface area contributed by atoms with Crippen LogP contribution in [0.1, 0.15) is 18.7 Å². The maximum Gasteiger partial charge on any atom is 0.411 e. The molecule has 0 aliphatic heterocycles. The smallest absolute Gasteiger partial charge is 0.411 e. The van der Waals surface area contributed by atoms with Crippen LogP contribution in [-0.4, -0.2) is 31.8 Å². The molecule has 1 amide bonds. The third-order valence-electron chi connectivity index (χ3n) is 2.22. The molecule has 1 rings (SSSR count). The topological polar surface area (TPSA) is 38.8 Å². The number of ether oxygens (including phenoxy) is 2. The molecule has 4 heteroatoms. The zero-order valence-corrected chi connectivity index (χ0v) is 9.84. The molecule has 0 saturated heterocycles. The minimum Gasteiger partial charge on any atom is -0.450 e. The first-order valence-corrected chi connectivity index (χ1v) is 5.18. The van der Waals surface area contributed by atoms with E-state index in [4.69, 9.17) is 9.47 Å². The zero-order chi connectivity index (χ0) is 12.0. The number of rotatable bonds is 4. The van der Waals surface area contributed by atoms with E-state index in [0.717, 1.165) is 5.56 Å². The predicted molar refractivity (Wildman–Crippen MR) is 61.0 cm³/mol. The van der Waals surface area contributed by atoms with Gasteiger partial charge in [0, 0.05) is 19.7 Å². The molecule has 16 heavy (non-hydrogen) atoms. The van der Waals surface area contributed by atoms with Crippen molar-refractivity contribution in [2.75, 3.05) is 20.8 Å². The standard InChI is InChI=1S/C12H17NO3/c1-4-16-12(14)13(2)11(15-3)10-8-6-5-7-9-10/h5-9,11H,4H2,1-3H3. The summed E-state index contributed by atoms with van der Waals surface area (Å²) >= 11 is 0. The highest BCUT2D eigenvalue weighted by atomic mass is 16.6. The minimum absolute atomic E-state index is 0.356. The summed E-state index contributed by atoms with van der Waals surface area (Å²) in [6.45, 7) is 2.13. The van der Waals surface area contributed by atoms with Gasteiger partial charge in [-0.05, 0) is 6.92 Å². The molecule has 0 aliphatic rings. The van der Waals surface area contributed by atoms with Crippen molar-refractivity contribution in [3.63, 3.8) is 0 Å². The molecule has 0 aromatic heterocycles. The Kier molecular flexibility index (Phi) is 4.79. The Morgan fingerprint density at radius 1 is 1.38 bits per heavy atom. The zero-order valence-electron chi connectivity index (χ0n) is 9.84. The van der Waals surface area contributed by atoms with E-state index >= 15 is 0 Å². The molecule has 0 bridgehead atoms. The molecule has 0 fully saturated rings. The fourth-order valence-electron chi connectivity index (χ4n) is 1.46. The van der Waals surface area contributed by atoms with Crippen molar-refractivity contribution in [2.24, 2.45) is 0 Å². The summed E-state index contributed by atoms with van der Waals surface area (Å²) in [4.78, 5) is 13.0. The molecular weight excluding hydrogens is 206 g/mol. The average Bonchev–Trinajstić information content (AvgIpc) is 2.31. The Labute approximate surface area is 95.8 Å². The monoisotopic (exact) mass is 223 g/mol. The van der Waals surface area contributed by atoms with Crippen LogP contribution in [0.5, 0.6) is 0 Å². The van der Waals surface area contributed by atoms with Crippen LogP contribution in [0.15, 0.2) is 30.3 Å². The van der Waals surface area contributed by atoms with Crippen molar-refractivity contribution >= 4 is 6.09 Å². The molecule has 0 heterocycles. The largest absolute Gasteiger partial charge is 0.450 e. The fraction of sp³-hybridized carbons (Fsp3) is 0.417. The third-order valence-corrected chi connectivity index (χ3v) is 2.22. The lowest BCUT2D eigenvalue weighted by Crippen LogP contribution is -2.32. The van der Waals surface area contributed by atoms with Crippen LogP contribution in [0.25, 0.3) is 0 Å². The molecule has 1 unspecified atom stereocenters. The van der Waals surface area contributed by atoms with Gasteiger partial charge in [0.15, 0.2) is 6.23 Å². The van der Waals surface area contributed by atoms with Crippen LogP contribution in [-0.2, 0) is 9.47 Å². The number of nitrogens with zero attached hydrogens (tertiary/aromatic N) is 1. The lowest BCUT2D eigenvalue weighted by atomic mass is 10.2. The summed E-state index contributed by atoms with van der Waals surface area (Å²) in [7, 11) is 3.21. The van der Waals surface area contributed by atoms with Crippen LogP contribution >= 0.6 is 0 Å². The predicted octanol–water partition coefficient (Wildman–Crippen LogP) is 2.42. The molecule has 0 saturated carbocycles. The van der Waals surface area contributed by atoms with Gasteiger partial charge in [-0.25, -0.2) is 4.79 Å². The average molecular weight is 223 g/mol. The van der Waals surface area contributed by atoms with Crippen molar-refractivity contribution in [1.82, 2.24) is 4.90 Å². The normalized spacial score (nSPS) is 11.9. The van der Waals surface area contributed by atoms with E-state index < -0.39 is 12.3 Å². The van der Waals surface area contributed by atoms with E-state index in [1.54, 1.807) is 21.1 Å². The molecule has 1 aromatic carbocycles. The van der Waals surface area contributed by atoms with Gasteiger partial charge in [0.2, 0.25) is 0 Å². The van der Waals surface area contributed by atoms with Gasteiger partial charge in [0.05, 0.1) is 6.61 Å². The number of amides is 1. The number of benzene rings is 1. The molecule has 1 aromatic rings. The van der Waals surface area contributed by atoms with Crippen molar-refractivity contribution < 1.29 is 14.3 Å². The molecule has 1 atom stereocenters. The van der Waals surface area contributed by atoms with Gasteiger partial charge in [-0.15, -0.1) is 0 Å². The number of carbonyl (C=O) groups is 1. The van der Waals surface area contributed by atoms with Crippen molar-refractivity contribution in [2.45, 2.75) is 13.2 Å². The molecule has 0 N–H and O–H groups in total. The van der Waals surface area contributed by atoms with Gasteiger partial charge in [-0.1, -0.05) is 30.3 Å². The van der Waals surface area contributed by atoms with Crippen molar-refractivity contribution in [3.8, 4) is 0 Å². The molecular formula is C12H17NO3. The van der Waals surface area contributed by atoms with Gasteiger partial charge in [-0.2, -0.15) is 0 Å². The minimum atomic E-state index is -0.416. The van der Waals surface area contributed by atoms with Crippen LogP contribution in [0, 0.1) is 0 Å². The fourth-order valence-corrected chi connectivity index (χ4v) is 1.46. The number of methoxy groups -OCH3 is 1. The Morgan fingerprint density at radius 2 is 2.00 bits per heavy atom. The van der Waals surface area contributed by atoms with Crippen molar-refractivity contribution in [1.29, 1.82) is 0 Å². The number of carbonyl (C=O) groups excluding carboxylic acids is 1. The van der Waals surface area contributed by atoms with Crippen molar-refractivity contribution in [3.05, 3.63) is 35.9 Å². The first-order valence-electron chi connectivity index (χ1n) is 5.18. The third kappa shape index (κ3) is 2.97. The van der Waals surface area contributed by atoms with E-state index in [0.29, 0.717) is 6.61 Å². The van der Waals surface area contributed by atoms with Gasteiger partial charge < -0.3 is 9.47 Å². The summed E-state index contributed by atoms with van der Waals surface area (Å²) < 4.78 is 10.2. The van der Waals surface area contributed by atoms with Gasteiger partial charge >= 0.3 is 6.09 Å². The highest BCUT2D eigenvalue weighted by Crippen LogP contribution is 2.20. The SMILES string of the molecule is CCOC(=O)N(C)C(OC)c1ccccc1. The summed E-state index contributed by atoms with van der Waals surface area (Å²) in [5.41, 5.74) is 0.917. The summed E-state index contributed by atoms with van der Waals surface area (Å²) in [5, 5.41) is 0. The van der Waals surface area contributed by atoms with E-state index in [1.807, 2.05) is 30.3 Å². The molecule has 88 valence electrons. The Morgan fingerprint density at radius 3 is 2.50 bits per heavy atom. The van der Waals surface area contributed by atoms with E-state index in [-0.39, 0.29) is 0 Å². The first-order chi connectivity index (χ1) is 7.70. The maximum absolute atomic E-state index is 11.5. The Bertz CT molecular complexity index is 326. The van der Waals surface area contributed by atoms with E-state index in [1.165, 1.54) is 4.90 Å². The van der Waals surface area contributed by atoms with Crippen LogP contribution < -0.4 is 0 Å². The van der Waals surface area contributed by atoms with Crippen LogP contribution in [0.3, 0.4) is 0 Å². The van der Waals surface area contributed by atoms with Gasteiger partial charge in [-0.3, -0.25) is 4.90 Å². The Hall–Kier alpha value is -1.55. The quantitative estimate of drug-likeness (QED) is 0.736. The number of hydrogen-bond acceptors (Lipinski definition) is 3. The van der Waals surface area contributed by atoms with Crippen LogP contribution in [0.2, 0.25) is 0 Å². The second-order valence-corrected chi connectivity index (χ2v) is 3.31. The summed E-state index contributed by atoms with van der Waals surface area (Å²) in [6.07, 6.45) is -0.807. The Balaban J connectivity index is 2.78. The lowest BCUT2D eigenvalue weighted by Gasteiger charge is -2.26. The molecule has 0 aliphatic carbocycles. The first kappa shape index (κ1) is 12.5.